The van der Waals surface area contributed by atoms with Crippen LogP contribution in [-0.2, 0) is 6.42 Å². The molecule has 1 unspecified atom stereocenters. The summed E-state index contributed by atoms with van der Waals surface area (Å²) in [5.41, 5.74) is 9.18. The van der Waals surface area contributed by atoms with Crippen molar-refractivity contribution in [2.45, 2.75) is 45.1 Å². The number of hydrogen-bond acceptors (Lipinski definition) is 2. The van der Waals surface area contributed by atoms with Crippen LogP contribution >= 0.6 is 0 Å². The van der Waals surface area contributed by atoms with E-state index in [4.69, 9.17) is 5.73 Å². The van der Waals surface area contributed by atoms with Gasteiger partial charge in [-0.25, -0.2) is 0 Å². The summed E-state index contributed by atoms with van der Waals surface area (Å²) in [6.45, 7) is 6.49. The number of aryl methyl sites for hydroxylation is 1. The summed E-state index contributed by atoms with van der Waals surface area (Å²) in [5.74, 6) is 0. The Morgan fingerprint density at radius 1 is 1.35 bits per heavy atom. The van der Waals surface area contributed by atoms with Gasteiger partial charge >= 0.3 is 0 Å². The number of benzene rings is 1. The van der Waals surface area contributed by atoms with Crippen molar-refractivity contribution in [3.63, 3.8) is 0 Å². The van der Waals surface area contributed by atoms with E-state index in [2.05, 4.69) is 43.0 Å². The van der Waals surface area contributed by atoms with E-state index in [0.717, 1.165) is 25.9 Å². The number of nitrogens with two attached hydrogens (primary N) is 1. The highest BCUT2D eigenvalue weighted by atomic mass is 15.2. The highest BCUT2D eigenvalue weighted by molar-refractivity contribution is 5.55. The average molecular weight is 232 g/mol. The monoisotopic (exact) mass is 232 g/mol. The predicted octanol–water partition coefficient (Wildman–Crippen LogP) is 2.96. The summed E-state index contributed by atoms with van der Waals surface area (Å²) in [6, 6.07) is 8.74. The molecule has 1 aromatic rings. The molecule has 2 heteroatoms. The number of para-hydroxylation sites is 1. The molecule has 2 rings (SSSR count). The van der Waals surface area contributed by atoms with Gasteiger partial charge < -0.3 is 10.6 Å². The van der Waals surface area contributed by atoms with Crippen molar-refractivity contribution < 1.29 is 0 Å². The molecule has 0 fully saturated rings. The minimum atomic E-state index is -0.0702. The van der Waals surface area contributed by atoms with Crippen LogP contribution in [0, 0.1) is 0 Å². The van der Waals surface area contributed by atoms with Crippen molar-refractivity contribution in [2.24, 2.45) is 5.73 Å². The van der Waals surface area contributed by atoms with Crippen LogP contribution in [0.1, 0.15) is 38.7 Å². The van der Waals surface area contributed by atoms with Crippen LogP contribution < -0.4 is 10.6 Å². The number of rotatable bonds is 4. The SMILES string of the molecule is CCCC(C)(N)CN1CCCc2ccccc21. The lowest BCUT2D eigenvalue weighted by Gasteiger charge is -2.37. The lowest BCUT2D eigenvalue weighted by Crippen LogP contribution is -2.49. The van der Waals surface area contributed by atoms with Gasteiger partial charge in [-0.05, 0) is 37.8 Å². The molecule has 0 saturated carbocycles. The Hall–Kier alpha value is -1.02. The van der Waals surface area contributed by atoms with Crippen molar-refractivity contribution in [1.82, 2.24) is 0 Å². The fourth-order valence-electron chi connectivity index (χ4n) is 2.86. The molecular formula is C15H24N2. The zero-order valence-corrected chi connectivity index (χ0v) is 11.1. The number of nitrogens with zero attached hydrogens (tertiary/aromatic N) is 1. The Morgan fingerprint density at radius 2 is 2.12 bits per heavy atom. The van der Waals surface area contributed by atoms with E-state index in [9.17, 15) is 0 Å². The first-order valence-electron chi connectivity index (χ1n) is 6.74. The van der Waals surface area contributed by atoms with Gasteiger partial charge in [0.05, 0.1) is 0 Å². The second-order valence-corrected chi connectivity index (χ2v) is 5.56. The summed E-state index contributed by atoms with van der Waals surface area (Å²) in [6.07, 6.45) is 4.70. The number of anilines is 1. The van der Waals surface area contributed by atoms with Crippen LogP contribution in [0.4, 0.5) is 5.69 Å². The maximum Gasteiger partial charge on any atom is 0.0399 e. The molecule has 0 radical (unpaired) electrons. The zero-order chi connectivity index (χ0) is 12.3. The topological polar surface area (TPSA) is 29.3 Å². The first-order valence-corrected chi connectivity index (χ1v) is 6.74. The molecule has 94 valence electrons. The lowest BCUT2D eigenvalue weighted by atomic mass is 9.94. The predicted molar refractivity (Wildman–Crippen MR) is 74.5 cm³/mol. The molecule has 0 bridgehead atoms. The van der Waals surface area contributed by atoms with E-state index in [1.165, 1.54) is 24.1 Å². The van der Waals surface area contributed by atoms with E-state index in [1.807, 2.05) is 0 Å². The molecule has 17 heavy (non-hydrogen) atoms. The first-order chi connectivity index (χ1) is 8.12. The molecule has 1 atom stereocenters. The van der Waals surface area contributed by atoms with Crippen LogP contribution in [0.25, 0.3) is 0 Å². The van der Waals surface area contributed by atoms with Gasteiger partial charge in [0, 0.05) is 24.3 Å². The summed E-state index contributed by atoms with van der Waals surface area (Å²) >= 11 is 0. The Kier molecular flexibility index (Phi) is 3.72. The minimum Gasteiger partial charge on any atom is -0.369 e. The lowest BCUT2D eigenvalue weighted by molar-refractivity contribution is 0.418. The molecule has 0 spiro atoms. The Bertz CT molecular complexity index is 371. The molecule has 1 heterocycles. The van der Waals surface area contributed by atoms with Crippen LogP contribution in [0.15, 0.2) is 24.3 Å². The van der Waals surface area contributed by atoms with E-state index in [-0.39, 0.29) is 5.54 Å². The first kappa shape index (κ1) is 12.4. The highest BCUT2D eigenvalue weighted by Gasteiger charge is 2.24. The van der Waals surface area contributed by atoms with Crippen LogP contribution in [0.3, 0.4) is 0 Å². The van der Waals surface area contributed by atoms with Crippen molar-refractivity contribution in [3.05, 3.63) is 29.8 Å². The molecule has 0 saturated heterocycles. The molecule has 0 aromatic heterocycles. The normalized spacial score (nSPS) is 18.6. The molecule has 2 N–H and O–H groups in total. The molecular weight excluding hydrogens is 208 g/mol. The van der Waals surface area contributed by atoms with Gasteiger partial charge in [-0.15, -0.1) is 0 Å². The summed E-state index contributed by atoms with van der Waals surface area (Å²) < 4.78 is 0. The van der Waals surface area contributed by atoms with Gasteiger partial charge in [0.25, 0.3) is 0 Å². The number of hydrogen-bond donors (Lipinski definition) is 1. The van der Waals surface area contributed by atoms with Crippen molar-refractivity contribution in [1.29, 1.82) is 0 Å². The van der Waals surface area contributed by atoms with Crippen LogP contribution in [0.2, 0.25) is 0 Å². The third-order valence-corrected chi connectivity index (χ3v) is 3.58. The van der Waals surface area contributed by atoms with Gasteiger partial charge in [-0.3, -0.25) is 0 Å². The van der Waals surface area contributed by atoms with E-state index < -0.39 is 0 Å². The van der Waals surface area contributed by atoms with Gasteiger partial charge in [0.15, 0.2) is 0 Å². The molecule has 0 aliphatic carbocycles. The van der Waals surface area contributed by atoms with Gasteiger partial charge in [0.2, 0.25) is 0 Å². The second kappa shape index (κ2) is 5.09. The van der Waals surface area contributed by atoms with Crippen molar-refractivity contribution >= 4 is 5.69 Å². The third-order valence-electron chi connectivity index (χ3n) is 3.58. The summed E-state index contributed by atoms with van der Waals surface area (Å²) in [4.78, 5) is 2.47. The largest absolute Gasteiger partial charge is 0.369 e. The maximum atomic E-state index is 6.37. The Balaban J connectivity index is 2.13. The minimum absolute atomic E-state index is 0.0702. The maximum absolute atomic E-state index is 6.37. The quantitative estimate of drug-likeness (QED) is 0.865. The summed E-state index contributed by atoms with van der Waals surface area (Å²) in [5, 5.41) is 0. The van der Waals surface area contributed by atoms with Crippen LogP contribution in [0.5, 0.6) is 0 Å². The summed E-state index contributed by atoms with van der Waals surface area (Å²) in [7, 11) is 0. The molecule has 2 nitrogen and oxygen atoms in total. The van der Waals surface area contributed by atoms with Gasteiger partial charge in [0.1, 0.15) is 0 Å². The number of fused-ring (bicyclic) bond motifs is 1. The average Bonchev–Trinajstić information content (AvgIpc) is 2.29. The van der Waals surface area contributed by atoms with E-state index >= 15 is 0 Å². The zero-order valence-electron chi connectivity index (χ0n) is 11.1. The highest BCUT2D eigenvalue weighted by Crippen LogP contribution is 2.28. The smallest absolute Gasteiger partial charge is 0.0399 e. The Labute approximate surface area is 105 Å². The second-order valence-electron chi connectivity index (χ2n) is 5.56. The molecule has 1 aliphatic rings. The molecule has 1 aliphatic heterocycles. The van der Waals surface area contributed by atoms with Gasteiger partial charge in [-0.1, -0.05) is 31.5 Å². The molecule has 0 amide bonds. The van der Waals surface area contributed by atoms with E-state index in [0.29, 0.717) is 0 Å². The van der Waals surface area contributed by atoms with E-state index in [1.54, 1.807) is 0 Å². The fraction of sp³-hybridized carbons (Fsp3) is 0.600. The van der Waals surface area contributed by atoms with Crippen molar-refractivity contribution in [2.75, 3.05) is 18.0 Å². The standard InChI is InChI=1S/C15H24N2/c1-3-10-15(2,16)12-17-11-6-8-13-7-4-5-9-14(13)17/h4-5,7,9H,3,6,8,10-12,16H2,1-2H3. The fourth-order valence-corrected chi connectivity index (χ4v) is 2.86. The van der Waals surface area contributed by atoms with Crippen LogP contribution in [-0.4, -0.2) is 18.6 Å². The van der Waals surface area contributed by atoms with Gasteiger partial charge in [-0.2, -0.15) is 0 Å². The molecule has 1 aromatic carbocycles. The van der Waals surface area contributed by atoms with Crippen molar-refractivity contribution in [3.8, 4) is 0 Å². The third kappa shape index (κ3) is 3.01. The Morgan fingerprint density at radius 3 is 2.88 bits per heavy atom.